The predicted molar refractivity (Wildman–Crippen MR) is 141 cm³/mol. The first-order valence-corrected chi connectivity index (χ1v) is 13.4. The van der Waals surface area contributed by atoms with E-state index in [-0.39, 0.29) is 18.4 Å². The van der Waals surface area contributed by atoms with Gasteiger partial charge in [-0.25, -0.2) is 9.69 Å². The molecule has 1 aromatic rings. The zero-order valence-electron chi connectivity index (χ0n) is 22.3. The van der Waals surface area contributed by atoms with Crippen molar-refractivity contribution in [3.8, 4) is 0 Å². The molecule has 0 saturated carbocycles. The van der Waals surface area contributed by atoms with Gasteiger partial charge >= 0.3 is 6.09 Å². The lowest BCUT2D eigenvalue weighted by Gasteiger charge is -2.29. The van der Waals surface area contributed by atoms with Crippen LogP contribution in [0.2, 0.25) is 0 Å². The topological polar surface area (TPSA) is 102 Å². The lowest BCUT2D eigenvalue weighted by Crippen LogP contribution is -2.56. The lowest BCUT2D eigenvalue weighted by atomic mass is 10.0. The van der Waals surface area contributed by atoms with Crippen LogP contribution in [0.1, 0.15) is 97.5 Å². The van der Waals surface area contributed by atoms with Crippen LogP contribution < -0.4 is 11.1 Å². The first-order chi connectivity index (χ1) is 16.8. The van der Waals surface area contributed by atoms with Crippen molar-refractivity contribution in [2.24, 2.45) is 11.7 Å². The van der Waals surface area contributed by atoms with Gasteiger partial charge in [0.25, 0.3) is 0 Å². The number of amides is 3. The van der Waals surface area contributed by atoms with Crippen LogP contribution in [0.4, 0.5) is 4.79 Å². The molecule has 0 heterocycles. The highest BCUT2D eigenvalue weighted by Gasteiger charge is 2.36. The van der Waals surface area contributed by atoms with Crippen LogP contribution >= 0.6 is 0 Å². The summed E-state index contributed by atoms with van der Waals surface area (Å²) >= 11 is 0. The van der Waals surface area contributed by atoms with Gasteiger partial charge in [0.15, 0.2) is 0 Å². The molecule has 0 aliphatic rings. The van der Waals surface area contributed by atoms with Crippen LogP contribution in [0.25, 0.3) is 0 Å². The van der Waals surface area contributed by atoms with E-state index >= 15 is 0 Å². The third-order valence-corrected chi connectivity index (χ3v) is 6.24. The number of nitrogens with two attached hydrogens (primary N) is 1. The van der Waals surface area contributed by atoms with Crippen LogP contribution in [0.5, 0.6) is 0 Å². The van der Waals surface area contributed by atoms with Gasteiger partial charge in [0, 0.05) is 6.54 Å². The Morgan fingerprint density at radius 2 is 1.43 bits per heavy atom. The van der Waals surface area contributed by atoms with E-state index in [0.29, 0.717) is 6.54 Å². The van der Waals surface area contributed by atoms with Crippen LogP contribution in [0.15, 0.2) is 30.3 Å². The Labute approximate surface area is 212 Å². The van der Waals surface area contributed by atoms with Crippen molar-refractivity contribution in [1.29, 1.82) is 0 Å². The molecule has 3 amide bonds. The van der Waals surface area contributed by atoms with Crippen molar-refractivity contribution < 1.29 is 19.1 Å². The second-order valence-corrected chi connectivity index (χ2v) is 9.67. The number of imide groups is 1. The summed E-state index contributed by atoms with van der Waals surface area (Å²) in [6.07, 6.45) is 11.3. The van der Waals surface area contributed by atoms with E-state index in [1.807, 2.05) is 30.3 Å². The fourth-order valence-electron chi connectivity index (χ4n) is 3.76. The molecule has 3 N–H and O–H groups in total. The van der Waals surface area contributed by atoms with Crippen molar-refractivity contribution >= 4 is 17.9 Å². The van der Waals surface area contributed by atoms with Gasteiger partial charge in [0.1, 0.15) is 12.6 Å². The molecule has 0 aliphatic heterocycles. The molecular formula is C28H47N3O4. The number of hydrogen-bond donors (Lipinski definition) is 2. The summed E-state index contributed by atoms with van der Waals surface area (Å²) in [7, 11) is 0. The fraction of sp³-hybridized carbons (Fsp3) is 0.679. The summed E-state index contributed by atoms with van der Waals surface area (Å²) in [6, 6.07) is 7.26. The van der Waals surface area contributed by atoms with Crippen LogP contribution in [0.3, 0.4) is 0 Å². The fourth-order valence-corrected chi connectivity index (χ4v) is 3.76. The number of hydrogen-bond acceptors (Lipinski definition) is 5. The maximum atomic E-state index is 13.0. The van der Waals surface area contributed by atoms with E-state index in [1.54, 1.807) is 13.8 Å². The van der Waals surface area contributed by atoms with Crippen LogP contribution in [-0.4, -0.2) is 41.4 Å². The second kappa shape index (κ2) is 17.9. The Kier molecular flexibility index (Phi) is 15.7. The Balaban J connectivity index is 2.51. The summed E-state index contributed by atoms with van der Waals surface area (Å²) < 4.78 is 5.35. The minimum absolute atomic E-state index is 0.00725. The molecule has 2 atom stereocenters. The van der Waals surface area contributed by atoms with Gasteiger partial charge < -0.3 is 15.8 Å². The monoisotopic (exact) mass is 489 g/mol. The van der Waals surface area contributed by atoms with Crippen LogP contribution in [0, 0.1) is 5.92 Å². The third-order valence-electron chi connectivity index (χ3n) is 6.24. The first kappa shape index (κ1) is 30.6. The van der Waals surface area contributed by atoms with E-state index in [2.05, 4.69) is 12.2 Å². The van der Waals surface area contributed by atoms with Crippen molar-refractivity contribution in [3.63, 3.8) is 0 Å². The Bertz CT molecular complexity index is 739. The molecule has 1 aromatic carbocycles. The first-order valence-electron chi connectivity index (χ1n) is 13.4. The number of unbranched alkanes of at least 4 members (excludes halogenated alkanes) is 9. The van der Waals surface area contributed by atoms with Gasteiger partial charge in [-0.2, -0.15) is 0 Å². The smallest absolute Gasteiger partial charge is 0.417 e. The van der Waals surface area contributed by atoms with Crippen molar-refractivity contribution in [2.45, 2.75) is 111 Å². The molecule has 0 fully saturated rings. The molecule has 1 rings (SSSR count). The maximum Gasteiger partial charge on any atom is 0.417 e. The molecule has 0 saturated heterocycles. The normalized spacial score (nSPS) is 12.7. The van der Waals surface area contributed by atoms with E-state index in [9.17, 15) is 14.4 Å². The highest BCUT2D eigenvalue weighted by Crippen LogP contribution is 2.13. The second-order valence-electron chi connectivity index (χ2n) is 9.67. The number of ether oxygens (including phenoxy) is 1. The van der Waals surface area contributed by atoms with E-state index in [4.69, 9.17) is 10.5 Å². The number of carbonyl (C=O) groups is 3. The van der Waals surface area contributed by atoms with E-state index < -0.39 is 24.1 Å². The van der Waals surface area contributed by atoms with Gasteiger partial charge in [-0.15, -0.1) is 0 Å². The summed E-state index contributed by atoms with van der Waals surface area (Å²) in [6.45, 7) is 7.87. The zero-order valence-corrected chi connectivity index (χ0v) is 22.3. The summed E-state index contributed by atoms with van der Waals surface area (Å²) in [5.41, 5.74) is 6.82. The largest absolute Gasteiger partial charge is 0.444 e. The molecule has 0 radical (unpaired) electrons. The summed E-state index contributed by atoms with van der Waals surface area (Å²) in [5, 5.41) is 2.86. The molecule has 35 heavy (non-hydrogen) atoms. The SMILES string of the molecule is CCCCCCCCCCCCNC(=O)[C@H](C)N(C(=O)OCc1ccccc1)C(=O)[C@@H](N)C(C)C. The zero-order chi connectivity index (χ0) is 26.1. The summed E-state index contributed by atoms with van der Waals surface area (Å²) in [5.74, 6) is -1.18. The average molecular weight is 490 g/mol. The average Bonchev–Trinajstić information content (AvgIpc) is 2.85. The molecule has 0 spiro atoms. The number of rotatable bonds is 17. The quantitative estimate of drug-likeness (QED) is 0.279. The number of nitrogens with one attached hydrogen (secondary N) is 1. The van der Waals surface area contributed by atoms with Gasteiger partial charge in [-0.05, 0) is 24.8 Å². The van der Waals surface area contributed by atoms with Crippen LogP contribution in [-0.2, 0) is 20.9 Å². The van der Waals surface area contributed by atoms with Crippen molar-refractivity contribution in [1.82, 2.24) is 10.2 Å². The highest BCUT2D eigenvalue weighted by molar-refractivity contribution is 6.00. The molecule has 0 aliphatic carbocycles. The molecule has 7 heteroatoms. The Morgan fingerprint density at radius 1 is 0.886 bits per heavy atom. The third kappa shape index (κ3) is 12.2. The van der Waals surface area contributed by atoms with Gasteiger partial charge in [-0.1, -0.05) is 109 Å². The lowest BCUT2D eigenvalue weighted by molar-refractivity contribution is -0.139. The molecule has 0 unspecified atom stereocenters. The van der Waals surface area contributed by atoms with Gasteiger partial charge in [0.2, 0.25) is 11.8 Å². The summed E-state index contributed by atoms with van der Waals surface area (Å²) in [4.78, 5) is 39.4. The van der Waals surface area contributed by atoms with E-state index in [0.717, 1.165) is 29.7 Å². The maximum absolute atomic E-state index is 13.0. The molecule has 0 aromatic heterocycles. The molecule has 7 nitrogen and oxygen atoms in total. The highest BCUT2D eigenvalue weighted by atomic mass is 16.6. The minimum atomic E-state index is -1.02. The Morgan fingerprint density at radius 3 is 1.97 bits per heavy atom. The van der Waals surface area contributed by atoms with Gasteiger partial charge in [-0.3, -0.25) is 9.59 Å². The minimum Gasteiger partial charge on any atom is -0.444 e. The number of carbonyl (C=O) groups excluding carboxylic acids is 3. The standard InChI is InChI=1S/C28H47N3O4/c1-5-6-7-8-9-10-11-12-13-17-20-30-26(32)23(4)31(27(33)25(29)22(2)3)28(34)35-21-24-18-15-14-16-19-24/h14-16,18-19,22-23,25H,5-13,17,20-21,29H2,1-4H3,(H,30,32)/t23-,25-/m0/s1. The molecular weight excluding hydrogens is 442 g/mol. The number of nitrogens with zero attached hydrogens (tertiary/aromatic N) is 1. The molecule has 0 bridgehead atoms. The van der Waals surface area contributed by atoms with Gasteiger partial charge in [0.05, 0.1) is 6.04 Å². The Hall–Kier alpha value is -2.41. The molecule has 198 valence electrons. The van der Waals surface area contributed by atoms with Crippen molar-refractivity contribution in [2.75, 3.05) is 6.54 Å². The van der Waals surface area contributed by atoms with E-state index in [1.165, 1.54) is 51.9 Å². The van der Waals surface area contributed by atoms with Crippen molar-refractivity contribution in [3.05, 3.63) is 35.9 Å². The number of benzene rings is 1. The predicted octanol–water partition coefficient (Wildman–Crippen LogP) is 5.56.